The van der Waals surface area contributed by atoms with E-state index in [4.69, 9.17) is 5.73 Å². The highest BCUT2D eigenvalue weighted by molar-refractivity contribution is 7.80. The average Bonchev–Trinajstić information content (AvgIpc) is 3.42. The molecule has 0 aliphatic heterocycles. The number of carbonyl (C=O) groups excluding carboxylic acids is 4. The number of carboxylic acids is 1. The van der Waals surface area contributed by atoms with Crippen molar-refractivity contribution in [3.05, 3.63) is 18.2 Å². The number of carboxylic acid groups (broad SMARTS) is 1. The Kier molecular flexibility index (Phi) is 14.7. The number of H-pyrrole nitrogens is 1. The van der Waals surface area contributed by atoms with Crippen molar-refractivity contribution in [3.8, 4) is 0 Å². The molecule has 0 spiro atoms. The topological polar surface area (TPSA) is 229 Å². The first-order chi connectivity index (χ1) is 18.8. The van der Waals surface area contributed by atoms with E-state index in [2.05, 4.69) is 43.9 Å². The number of nitrogens with two attached hydrogens (primary N) is 1. The Morgan fingerprint density at radius 3 is 1.90 bits per heavy atom. The molecule has 0 aliphatic rings. The van der Waals surface area contributed by atoms with Gasteiger partial charge in [0, 0.05) is 24.1 Å². The number of aromatic nitrogens is 2. The quantitative estimate of drug-likeness (QED) is 0.0989. The first-order valence-corrected chi connectivity index (χ1v) is 13.9. The molecule has 40 heavy (non-hydrogen) atoms. The molecule has 0 fully saturated rings. The van der Waals surface area contributed by atoms with Crippen LogP contribution in [-0.4, -0.2) is 91.8 Å². The number of rotatable bonds is 17. The minimum Gasteiger partial charge on any atom is -0.480 e. The molecule has 1 aromatic rings. The molecule has 226 valence electrons. The number of aromatic amines is 1. The molecule has 0 aromatic carbocycles. The van der Waals surface area contributed by atoms with Crippen LogP contribution in [-0.2, 0) is 30.4 Å². The van der Waals surface area contributed by atoms with E-state index in [1.165, 1.54) is 19.4 Å². The summed E-state index contributed by atoms with van der Waals surface area (Å²) in [5.74, 6) is -5.11. The van der Waals surface area contributed by atoms with E-state index in [1.54, 1.807) is 20.8 Å². The van der Waals surface area contributed by atoms with Gasteiger partial charge >= 0.3 is 5.97 Å². The van der Waals surface area contributed by atoms with E-state index in [-0.39, 0.29) is 24.0 Å². The molecular formula is C25H43N7O7S. The van der Waals surface area contributed by atoms with E-state index in [1.807, 2.05) is 6.92 Å². The van der Waals surface area contributed by atoms with E-state index < -0.39 is 65.9 Å². The molecule has 4 amide bonds. The summed E-state index contributed by atoms with van der Waals surface area (Å²) in [5, 5.41) is 29.6. The molecule has 1 rings (SSSR count). The highest BCUT2D eigenvalue weighted by Crippen LogP contribution is 2.11. The second-order valence-corrected chi connectivity index (χ2v) is 10.3. The van der Waals surface area contributed by atoms with E-state index >= 15 is 0 Å². The smallest absolute Gasteiger partial charge is 0.326 e. The van der Waals surface area contributed by atoms with Crippen molar-refractivity contribution in [2.75, 3.05) is 5.75 Å². The molecular weight excluding hydrogens is 542 g/mol. The van der Waals surface area contributed by atoms with Crippen LogP contribution in [0.3, 0.4) is 0 Å². The minimum absolute atomic E-state index is 0.159. The van der Waals surface area contributed by atoms with Crippen molar-refractivity contribution in [2.24, 2.45) is 17.6 Å². The molecule has 0 aliphatic carbocycles. The van der Waals surface area contributed by atoms with Gasteiger partial charge in [0.1, 0.15) is 24.2 Å². The van der Waals surface area contributed by atoms with Gasteiger partial charge in [-0.05, 0) is 18.8 Å². The number of nitrogens with one attached hydrogen (secondary N) is 5. The number of thiol groups is 1. The maximum atomic E-state index is 13.2. The van der Waals surface area contributed by atoms with Gasteiger partial charge in [-0.2, -0.15) is 12.6 Å². The molecule has 0 unspecified atom stereocenters. The molecule has 1 heterocycles. The molecule has 0 saturated carbocycles. The van der Waals surface area contributed by atoms with E-state index in [9.17, 15) is 34.2 Å². The van der Waals surface area contributed by atoms with Crippen LogP contribution in [0.4, 0.5) is 0 Å². The predicted molar refractivity (Wildman–Crippen MR) is 150 cm³/mol. The lowest BCUT2D eigenvalue weighted by molar-refractivity contribution is -0.143. The third kappa shape index (κ3) is 10.4. The summed E-state index contributed by atoms with van der Waals surface area (Å²) in [6, 6.07) is -5.96. The Bertz CT molecular complexity index is 992. The van der Waals surface area contributed by atoms with Gasteiger partial charge in [0.25, 0.3) is 0 Å². The zero-order chi connectivity index (χ0) is 30.6. The maximum Gasteiger partial charge on any atom is 0.326 e. The van der Waals surface area contributed by atoms with Crippen LogP contribution in [0.5, 0.6) is 0 Å². The largest absolute Gasteiger partial charge is 0.480 e. The van der Waals surface area contributed by atoms with Crippen LogP contribution in [0.1, 0.15) is 53.2 Å². The number of carbonyl (C=O) groups is 5. The fourth-order valence-corrected chi connectivity index (χ4v) is 3.99. The van der Waals surface area contributed by atoms with Gasteiger partial charge in [0.15, 0.2) is 0 Å². The molecule has 1 aromatic heterocycles. The van der Waals surface area contributed by atoms with Crippen LogP contribution >= 0.6 is 12.6 Å². The Balaban J connectivity index is 2.97. The molecule has 15 heteroatoms. The Morgan fingerprint density at radius 1 is 0.900 bits per heavy atom. The number of aliphatic carboxylic acids is 1. The lowest BCUT2D eigenvalue weighted by Gasteiger charge is -2.29. The van der Waals surface area contributed by atoms with Crippen molar-refractivity contribution in [3.63, 3.8) is 0 Å². The number of hydrogen-bond acceptors (Lipinski definition) is 9. The summed E-state index contributed by atoms with van der Waals surface area (Å²) in [7, 11) is 0. The second kappa shape index (κ2) is 16.8. The van der Waals surface area contributed by atoms with Crippen LogP contribution < -0.4 is 27.0 Å². The lowest BCUT2D eigenvalue weighted by Crippen LogP contribution is -2.62. The first-order valence-electron chi connectivity index (χ1n) is 13.2. The summed E-state index contributed by atoms with van der Waals surface area (Å²) < 4.78 is 0. The van der Waals surface area contributed by atoms with Crippen molar-refractivity contribution in [2.45, 2.75) is 90.2 Å². The van der Waals surface area contributed by atoms with Gasteiger partial charge in [-0.1, -0.05) is 40.5 Å². The van der Waals surface area contributed by atoms with Crippen LogP contribution in [0.15, 0.2) is 12.5 Å². The number of aliphatic hydroxyl groups excluding tert-OH is 1. The molecule has 14 nitrogen and oxygen atoms in total. The van der Waals surface area contributed by atoms with Gasteiger partial charge < -0.3 is 42.2 Å². The molecule has 0 bridgehead atoms. The summed E-state index contributed by atoms with van der Waals surface area (Å²) in [4.78, 5) is 70.1. The summed E-state index contributed by atoms with van der Waals surface area (Å²) in [6.07, 6.45) is 2.76. The number of aliphatic hydroxyl groups is 1. The highest BCUT2D eigenvalue weighted by atomic mass is 32.1. The fraction of sp³-hybridized carbons (Fsp3) is 0.680. The van der Waals surface area contributed by atoms with Crippen molar-refractivity contribution >= 4 is 42.2 Å². The molecule has 0 radical (unpaired) electrons. The molecule has 9 N–H and O–H groups in total. The Morgan fingerprint density at radius 2 is 1.43 bits per heavy atom. The molecule has 0 saturated heterocycles. The van der Waals surface area contributed by atoms with E-state index in [0.29, 0.717) is 18.5 Å². The average molecular weight is 586 g/mol. The van der Waals surface area contributed by atoms with Gasteiger partial charge in [-0.15, -0.1) is 0 Å². The Labute approximate surface area is 239 Å². The van der Waals surface area contributed by atoms with Gasteiger partial charge in [-0.3, -0.25) is 19.2 Å². The SMILES string of the molecule is CC[C@H](C)[C@H](NC(=O)[C@H](CS)NC(=O)[C@@H](NC(=O)[C@@H](NC(=O)[C@@H](N)Cc1cnc[nH]1)[C@@H](C)CC)[C@@H](C)O)C(=O)O. The number of amides is 4. The highest BCUT2D eigenvalue weighted by Gasteiger charge is 2.35. The molecule has 8 atom stereocenters. The zero-order valence-corrected chi connectivity index (χ0v) is 24.4. The van der Waals surface area contributed by atoms with Crippen molar-refractivity contribution in [1.82, 2.24) is 31.2 Å². The van der Waals surface area contributed by atoms with Gasteiger partial charge in [0.05, 0.1) is 18.5 Å². The van der Waals surface area contributed by atoms with Gasteiger partial charge in [-0.25, -0.2) is 9.78 Å². The van der Waals surface area contributed by atoms with Crippen LogP contribution in [0, 0.1) is 11.8 Å². The van der Waals surface area contributed by atoms with Crippen molar-refractivity contribution in [1.29, 1.82) is 0 Å². The standard InChI is InChI=1S/C25H43N7O7S/c1-6-12(3)18(30-21(34)16(26)8-15-9-27-11-28-15)23(36)32-20(14(5)33)24(37)29-17(10-40)22(35)31-19(25(38)39)13(4)7-2/h9,11-14,16-20,33,40H,6-8,10,26H2,1-5H3,(H,27,28)(H,29,37)(H,30,34)(H,31,35)(H,32,36)(H,38,39)/t12-,13-,14+,16-,17-,18-,19-,20-/m0/s1. The van der Waals surface area contributed by atoms with Gasteiger partial charge in [0.2, 0.25) is 23.6 Å². The van der Waals surface area contributed by atoms with E-state index in [0.717, 1.165) is 0 Å². The Hall–Kier alpha value is -3.17. The second-order valence-electron chi connectivity index (χ2n) is 9.94. The number of nitrogens with zero attached hydrogens (tertiary/aromatic N) is 1. The van der Waals surface area contributed by atoms with Crippen molar-refractivity contribution < 1.29 is 34.2 Å². The maximum absolute atomic E-state index is 13.2. The monoisotopic (exact) mass is 585 g/mol. The third-order valence-electron chi connectivity index (χ3n) is 6.78. The normalized spacial score (nSPS) is 17.2. The third-order valence-corrected chi connectivity index (χ3v) is 7.14. The van der Waals surface area contributed by atoms with Crippen LogP contribution in [0.25, 0.3) is 0 Å². The summed E-state index contributed by atoms with van der Waals surface area (Å²) >= 11 is 4.09. The number of imidazole rings is 1. The predicted octanol–water partition coefficient (Wildman–Crippen LogP) is -1.29. The fourth-order valence-electron chi connectivity index (χ4n) is 3.73. The summed E-state index contributed by atoms with van der Waals surface area (Å²) in [6.45, 7) is 8.28. The van der Waals surface area contributed by atoms with Crippen LogP contribution in [0.2, 0.25) is 0 Å². The summed E-state index contributed by atoms with van der Waals surface area (Å²) in [5.41, 5.74) is 6.64. The number of hydrogen-bond donors (Lipinski definition) is 9. The zero-order valence-electron chi connectivity index (χ0n) is 23.5. The lowest BCUT2D eigenvalue weighted by atomic mass is 9.97. The minimum atomic E-state index is -1.49. The first kappa shape index (κ1) is 34.9.